The molecular formula is C11H7Cl2N5OS. The van der Waals surface area contributed by atoms with E-state index >= 15 is 0 Å². The molecule has 0 saturated heterocycles. The number of nitrogens with two attached hydrogens (primary N) is 1. The molecule has 20 heavy (non-hydrogen) atoms. The first-order valence-corrected chi connectivity index (χ1v) is 6.73. The smallest absolute Gasteiger partial charge is 0.233 e. The number of aromatic nitrogens is 3. The van der Waals surface area contributed by atoms with Crippen LogP contribution in [-0.4, -0.2) is 22.1 Å². The van der Waals surface area contributed by atoms with E-state index in [9.17, 15) is 0 Å². The minimum atomic E-state index is -0.0345. The molecule has 2 aromatic heterocycles. The van der Waals surface area contributed by atoms with Crippen molar-refractivity contribution < 1.29 is 4.74 Å². The lowest BCUT2D eigenvalue weighted by Crippen LogP contribution is -2.00. The predicted octanol–water partition coefficient (Wildman–Crippen LogP) is 2.79. The second kappa shape index (κ2) is 6.13. The molecule has 0 saturated carbocycles. The molecule has 6 nitrogen and oxygen atoms in total. The fourth-order valence-electron chi connectivity index (χ4n) is 1.29. The summed E-state index contributed by atoms with van der Waals surface area (Å²) in [6.45, 7) is 0. The van der Waals surface area contributed by atoms with Crippen LogP contribution in [0.15, 0.2) is 22.2 Å². The van der Waals surface area contributed by atoms with Gasteiger partial charge in [-0.2, -0.15) is 5.26 Å². The predicted molar refractivity (Wildman–Crippen MR) is 76.1 cm³/mol. The zero-order valence-electron chi connectivity index (χ0n) is 10.1. The van der Waals surface area contributed by atoms with Crippen molar-refractivity contribution in [3.05, 3.63) is 28.1 Å². The average molecular weight is 328 g/mol. The molecule has 2 N–H and O–H groups in total. The number of nitriles is 1. The van der Waals surface area contributed by atoms with Gasteiger partial charge in [-0.15, -0.1) is 0 Å². The number of rotatable bonds is 3. The molecule has 0 unspecified atom stereocenters. The van der Waals surface area contributed by atoms with Gasteiger partial charge in [0.1, 0.15) is 16.1 Å². The lowest BCUT2D eigenvalue weighted by atomic mass is 10.5. The molecule has 0 aliphatic carbocycles. The molecule has 2 rings (SSSR count). The lowest BCUT2D eigenvalue weighted by molar-refractivity contribution is 0.397. The third-order valence-corrected chi connectivity index (χ3v) is 3.97. The molecule has 102 valence electrons. The summed E-state index contributed by atoms with van der Waals surface area (Å²) in [7, 11) is 1.47. The summed E-state index contributed by atoms with van der Waals surface area (Å²) < 4.78 is 5.02. The van der Waals surface area contributed by atoms with Gasteiger partial charge >= 0.3 is 0 Å². The van der Waals surface area contributed by atoms with Crippen molar-refractivity contribution >= 4 is 40.8 Å². The van der Waals surface area contributed by atoms with E-state index in [4.69, 9.17) is 38.9 Å². The number of halogens is 2. The fraction of sp³-hybridized carbons (Fsp3) is 0.0909. The minimum Gasteiger partial charge on any atom is -0.480 e. The van der Waals surface area contributed by atoms with Crippen LogP contribution in [0.1, 0.15) is 5.69 Å². The monoisotopic (exact) mass is 327 g/mol. The first-order chi connectivity index (χ1) is 9.56. The highest BCUT2D eigenvalue weighted by atomic mass is 35.5. The summed E-state index contributed by atoms with van der Waals surface area (Å²) in [5, 5.41) is 9.52. The fourth-order valence-corrected chi connectivity index (χ4v) is 2.57. The Morgan fingerprint density at radius 3 is 2.80 bits per heavy atom. The molecule has 0 spiro atoms. The average Bonchev–Trinajstić information content (AvgIpc) is 2.43. The standard InChI is InChI=1S/C11H7Cl2N5OS/c1-19-10-7(12)6(2-3-16-10)20-11-9(15)18-8(13)5(4-14)17-11/h2-3H,1H3,(H2,15,18). The van der Waals surface area contributed by atoms with Crippen molar-refractivity contribution in [3.8, 4) is 11.9 Å². The van der Waals surface area contributed by atoms with Crippen LogP contribution in [0.5, 0.6) is 5.88 Å². The molecule has 0 bridgehead atoms. The number of nitrogens with zero attached hydrogens (tertiary/aromatic N) is 4. The number of ether oxygens (including phenoxy) is 1. The van der Waals surface area contributed by atoms with Gasteiger partial charge in [0, 0.05) is 11.1 Å². The highest BCUT2D eigenvalue weighted by Crippen LogP contribution is 2.38. The maximum absolute atomic E-state index is 8.89. The van der Waals surface area contributed by atoms with Gasteiger partial charge in [0.25, 0.3) is 0 Å². The van der Waals surface area contributed by atoms with Crippen molar-refractivity contribution in [2.45, 2.75) is 9.92 Å². The van der Waals surface area contributed by atoms with Crippen molar-refractivity contribution in [2.24, 2.45) is 0 Å². The van der Waals surface area contributed by atoms with Crippen molar-refractivity contribution in [3.63, 3.8) is 0 Å². The third kappa shape index (κ3) is 2.88. The second-order valence-corrected chi connectivity index (χ2v) is 5.17. The molecule has 0 radical (unpaired) electrons. The SMILES string of the molecule is COc1nccc(Sc2nc(C#N)c(Cl)nc2N)c1Cl. The lowest BCUT2D eigenvalue weighted by Gasteiger charge is -2.08. The molecule has 2 aromatic rings. The first kappa shape index (κ1) is 14.7. The van der Waals surface area contributed by atoms with Gasteiger partial charge in [0.05, 0.1) is 7.11 Å². The van der Waals surface area contributed by atoms with E-state index in [1.807, 2.05) is 6.07 Å². The van der Waals surface area contributed by atoms with E-state index in [1.54, 1.807) is 6.07 Å². The quantitative estimate of drug-likeness (QED) is 0.925. The summed E-state index contributed by atoms with van der Waals surface area (Å²) in [5.41, 5.74) is 5.74. The maximum Gasteiger partial charge on any atom is 0.233 e. The van der Waals surface area contributed by atoms with Gasteiger partial charge in [-0.25, -0.2) is 15.0 Å². The van der Waals surface area contributed by atoms with Crippen LogP contribution in [0, 0.1) is 11.3 Å². The van der Waals surface area contributed by atoms with Crippen LogP contribution in [0.2, 0.25) is 10.2 Å². The largest absolute Gasteiger partial charge is 0.480 e. The molecule has 0 aliphatic rings. The molecule has 2 heterocycles. The number of hydrogen-bond acceptors (Lipinski definition) is 7. The van der Waals surface area contributed by atoms with E-state index in [1.165, 1.54) is 13.3 Å². The van der Waals surface area contributed by atoms with Gasteiger partial charge in [0.15, 0.2) is 16.7 Å². The van der Waals surface area contributed by atoms with E-state index in [2.05, 4.69) is 15.0 Å². The molecule has 0 aliphatic heterocycles. The van der Waals surface area contributed by atoms with Crippen LogP contribution in [-0.2, 0) is 0 Å². The maximum atomic E-state index is 8.89. The summed E-state index contributed by atoms with van der Waals surface area (Å²) >= 11 is 13.0. The van der Waals surface area contributed by atoms with Gasteiger partial charge in [0.2, 0.25) is 5.88 Å². The summed E-state index contributed by atoms with van der Waals surface area (Å²) in [5.74, 6) is 0.406. The number of hydrogen-bond donors (Lipinski definition) is 1. The van der Waals surface area contributed by atoms with Gasteiger partial charge in [-0.05, 0) is 6.07 Å². The minimum absolute atomic E-state index is 0.000472. The van der Waals surface area contributed by atoms with Crippen LogP contribution in [0.25, 0.3) is 0 Å². The normalized spacial score (nSPS) is 10.1. The number of pyridine rings is 1. The van der Waals surface area contributed by atoms with Crippen molar-refractivity contribution in [2.75, 3.05) is 12.8 Å². The molecule has 9 heteroatoms. The van der Waals surface area contributed by atoms with Crippen molar-refractivity contribution in [1.29, 1.82) is 5.26 Å². The second-order valence-electron chi connectivity index (χ2n) is 3.40. The number of methoxy groups -OCH3 is 1. The van der Waals surface area contributed by atoms with E-state index in [-0.39, 0.29) is 22.5 Å². The Hall–Kier alpha value is -1.75. The zero-order valence-corrected chi connectivity index (χ0v) is 12.4. The van der Waals surface area contributed by atoms with Gasteiger partial charge in [-0.1, -0.05) is 35.0 Å². The molecule has 0 atom stereocenters. The summed E-state index contributed by atoms with van der Waals surface area (Å²) in [6, 6.07) is 3.52. The van der Waals surface area contributed by atoms with Gasteiger partial charge in [-0.3, -0.25) is 0 Å². The molecule has 0 aromatic carbocycles. The Balaban J connectivity index is 2.43. The van der Waals surface area contributed by atoms with Crippen LogP contribution in [0.4, 0.5) is 5.82 Å². The Morgan fingerprint density at radius 2 is 2.15 bits per heavy atom. The molecular weight excluding hydrogens is 321 g/mol. The highest BCUT2D eigenvalue weighted by Gasteiger charge is 2.15. The van der Waals surface area contributed by atoms with E-state index < -0.39 is 0 Å². The third-order valence-electron chi connectivity index (χ3n) is 2.17. The van der Waals surface area contributed by atoms with Gasteiger partial charge < -0.3 is 10.5 Å². The molecule has 0 amide bonds. The summed E-state index contributed by atoms with van der Waals surface area (Å²) in [6.07, 6.45) is 1.54. The van der Waals surface area contributed by atoms with Crippen LogP contribution >= 0.6 is 35.0 Å². The van der Waals surface area contributed by atoms with E-state index in [0.29, 0.717) is 14.9 Å². The van der Waals surface area contributed by atoms with E-state index in [0.717, 1.165) is 11.8 Å². The number of nitrogen functional groups attached to an aromatic ring is 1. The Labute approximate surface area is 128 Å². The topological polar surface area (TPSA) is 97.7 Å². The Morgan fingerprint density at radius 1 is 1.40 bits per heavy atom. The first-order valence-electron chi connectivity index (χ1n) is 5.16. The summed E-state index contributed by atoms with van der Waals surface area (Å²) in [4.78, 5) is 12.5. The Kier molecular flexibility index (Phi) is 4.49. The van der Waals surface area contributed by atoms with Crippen LogP contribution in [0.3, 0.4) is 0 Å². The van der Waals surface area contributed by atoms with Crippen molar-refractivity contribution in [1.82, 2.24) is 15.0 Å². The Bertz CT molecular complexity index is 704. The number of anilines is 1. The zero-order chi connectivity index (χ0) is 14.7. The molecule has 0 fully saturated rings. The van der Waals surface area contributed by atoms with Crippen LogP contribution < -0.4 is 10.5 Å². The highest BCUT2D eigenvalue weighted by molar-refractivity contribution is 7.99.